The summed E-state index contributed by atoms with van der Waals surface area (Å²) in [6.07, 6.45) is 2.50. The number of hydrogen-bond donors (Lipinski definition) is 1. The predicted molar refractivity (Wildman–Crippen MR) is 72.2 cm³/mol. The number of pyridine rings is 1. The highest BCUT2D eigenvalue weighted by Gasteiger charge is 2.10. The van der Waals surface area contributed by atoms with Gasteiger partial charge < -0.3 is 10.0 Å². The molecule has 1 heterocycles. The van der Waals surface area contributed by atoms with Crippen molar-refractivity contribution in [1.82, 2.24) is 4.98 Å². The van der Waals surface area contributed by atoms with Gasteiger partial charge in [0.15, 0.2) is 0 Å². The number of anilines is 1. The molecule has 96 valence electrons. The second-order valence-corrected chi connectivity index (χ2v) is 4.68. The third-order valence-corrected chi connectivity index (χ3v) is 3.19. The SMILES string of the molecule is CCC(C)CN(CC)c1ccc([C@@H](C)O)cn1. The van der Waals surface area contributed by atoms with Crippen molar-refractivity contribution in [1.29, 1.82) is 0 Å². The molecule has 0 bridgehead atoms. The summed E-state index contributed by atoms with van der Waals surface area (Å²) in [7, 11) is 0. The van der Waals surface area contributed by atoms with Crippen molar-refractivity contribution in [2.24, 2.45) is 5.92 Å². The maximum atomic E-state index is 9.44. The minimum Gasteiger partial charge on any atom is -0.389 e. The molecule has 0 spiro atoms. The number of rotatable bonds is 6. The van der Waals surface area contributed by atoms with Gasteiger partial charge >= 0.3 is 0 Å². The summed E-state index contributed by atoms with van der Waals surface area (Å²) < 4.78 is 0. The number of aliphatic hydroxyl groups excluding tert-OH is 1. The molecule has 0 saturated carbocycles. The van der Waals surface area contributed by atoms with Crippen LogP contribution in [0.3, 0.4) is 0 Å². The van der Waals surface area contributed by atoms with Crippen molar-refractivity contribution in [3.05, 3.63) is 23.9 Å². The lowest BCUT2D eigenvalue weighted by Gasteiger charge is -2.25. The Morgan fingerprint density at radius 1 is 1.29 bits per heavy atom. The van der Waals surface area contributed by atoms with Gasteiger partial charge in [0, 0.05) is 19.3 Å². The normalized spacial score (nSPS) is 14.4. The molecule has 0 aliphatic heterocycles. The molecule has 1 N–H and O–H groups in total. The zero-order valence-corrected chi connectivity index (χ0v) is 11.3. The first-order valence-electron chi connectivity index (χ1n) is 6.47. The zero-order chi connectivity index (χ0) is 12.8. The lowest BCUT2D eigenvalue weighted by molar-refractivity contribution is 0.199. The quantitative estimate of drug-likeness (QED) is 0.825. The molecule has 0 fully saturated rings. The van der Waals surface area contributed by atoms with E-state index in [-0.39, 0.29) is 0 Å². The second kappa shape index (κ2) is 6.60. The van der Waals surface area contributed by atoms with Crippen LogP contribution in [0.5, 0.6) is 0 Å². The first-order valence-corrected chi connectivity index (χ1v) is 6.47. The fourth-order valence-electron chi connectivity index (χ4n) is 1.72. The van der Waals surface area contributed by atoms with Crippen LogP contribution in [0, 0.1) is 5.92 Å². The molecule has 0 radical (unpaired) electrons. The Morgan fingerprint density at radius 2 is 2.00 bits per heavy atom. The fraction of sp³-hybridized carbons (Fsp3) is 0.643. The smallest absolute Gasteiger partial charge is 0.128 e. The highest BCUT2D eigenvalue weighted by molar-refractivity contribution is 5.39. The molecule has 1 unspecified atom stereocenters. The molecule has 1 rings (SSSR count). The molecule has 0 aromatic carbocycles. The number of nitrogens with zero attached hydrogens (tertiary/aromatic N) is 2. The fourth-order valence-corrected chi connectivity index (χ4v) is 1.72. The van der Waals surface area contributed by atoms with E-state index in [1.54, 1.807) is 13.1 Å². The number of aliphatic hydroxyl groups is 1. The summed E-state index contributed by atoms with van der Waals surface area (Å²) in [6, 6.07) is 3.94. The molecule has 0 aliphatic carbocycles. The maximum Gasteiger partial charge on any atom is 0.128 e. The molecule has 17 heavy (non-hydrogen) atoms. The maximum absolute atomic E-state index is 9.44. The summed E-state index contributed by atoms with van der Waals surface area (Å²) in [5, 5.41) is 9.44. The van der Waals surface area contributed by atoms with Gasteiger partial charge in [0.05, 0.1) is 6.10 Å². The molecule has 1 aromatic rings. The van der Waals surface area contributed by atoms with E-state index in [1.165, 1.54) is 6.42 Å². The van der Waals surface area contributed by atoms with Gasteiger partial charge in [-0.1, -0.05) is 26.3 Å². The van der Waals surface area contributed by atoms with Gasteiger partial charge in [0.1, 0.15) is 5.82 Å². The van der Waals surface area contributed by atoms with Crippen LogP contribution in [-0.4, -0.2) is 23.2 Å². The molecule has 0 amide bonds. The minimum atomic E-state index is -0.443. The zero-order valence-electron chi connectivity index (χ0n) is 11.3. The average Bonchev–Trinajstić information content (AvgIpc) is 2.35. The minimum absolute atomic E-state index is 0.443. The van der Waals surface area contributed by atoms with Crippen LogP contribution in [-0.2, 0) is 0 Å². The molecular weight excluding hydrogens is 212 g/mol. The predicted octanol–water partition coefficient (Wildman–Crippen LogP) is 3.01. The Morgan fingerprint density at radius 3 is 2.41 bits per heavy atom. The van der Waals surface area contributed by atoms with E-state index >= 15 is 0 Å². The van der Waals surface area contributed by atoms with Crippen molar-refractivity contribution in [3.63, 3.8) is 0 Å². The number of aromatic nitrogens is 1. The summed E-state index contributed by atoms with van der Waals surface area (Å²) in [5.41, 5.74) is 0.869. The Bertz CT molecular complexity index is 321. The molecule has 2 atom stereocenters. The lowest BCUT2D eigenvalue weighted by Crippen LogP contribution is -2.28. The molecular formula is C14H24N2O. The van der Waals surface area contributed by atoms with Crippen LogP contribution in [0.25, 0.3) is 0 Å². The number of hydrogen-bond acceptors (Lipinski definition) is 3. The van der Waals surface area contributed by atoms with Crippen LogP contribution in [0.2, 0.25) is 0 Å². The van der Waals surface area contributed by atoms with Crippen LogP contribution in [0.4, 0.5) is 5.82 Å². The Hall–Kier alpha value is -1.09. The van der Waals surface area contributed by atoms with Gasteiger partial charge in [-0.25, -0.2) is 4.98 Å². The van der Waals surface area contributed by atoms with Gasteiger partial charge in [0.2, 0.25) is 0 Å². The van der Waals surface area contributed by atoms with E-state index < -0.39 is 6.10 Å². The summed E-state index contributed by atoms with van der Waals surface area (Å²) >= 11 is 0. The first kappa shape index (κ1) is 14.0. The molecule has 1 aromatic heterocycles. The summed E-state index contributed by atoms with van der Waals surface area (Å²) in [6.45, 7) is 10.4. The van der Waals surface area contributed by atoms with Crippen LogP contribution in [0.1, 0.15) is 45.8 Å². The Labute approximate surface area is 104 Å². The molecule has 3 nitrogen and oxygen atoms in total. The van der Waals surface area contributed by atoms with E-state index in [4.69, 9.17) is 0 Å². The van der Waals surface area contributed by atoms with E-state index in [0.29, 0.717) is 5.92 Å². The highest BCUT2D eigenvalue weighted by Crippen LogP contribution is 2.17. The monoisotopic (exact) mass is 236 g/mol. The van der Waals surface area contributed by atoms with E-state index in [0.717, 1.165) is 24.5 Å². The summed E-state index contributed by atoms with van der Waals surface area (Å²) in [5.74, 6) is 1.67. The van der Waals surface area contributed by atoms with E-state index in [2.05, 4.69) is 30.7 Å². The van der Waals surface area contributed by atoms with Crippen molar-refractivity contribution < 1.29 is 5.11 Å². The Kier molecular flexibility index (Phi) is 5.42. The highest BCUT2D eigenvalue weighted by atomic mass is 16.3. The standard InChI is InChI=1S/C14H24N2O/c1-5-11(3)10-16(6-2)14-8-7-13(9-15-14)12(4)17/h7-9,11-12,17H,5-6,10H2,1-4H3/t11?,12-/m1/s1. The van der Waals surface area contributed by atoms with Crippen molar-refractivity contribution >= 4 is 5.82 Å². The lowest BCUT2D eigenvalue weighted by atomic mass is 10.1. The molecule has 3 heteroatoms. The van der Waals surface area contributed by atoms with Gasteiger partial charge in [-0.15, -0.1) is 0 Å². The second-order valence-electron chi connectivity index (χ2n) is 4.68. The molecule has 0 saturated heterocycles. The van der Waals surface area contributed by atoms with Crippen LogP contribution < -0.4 is 4.90 Å². The average molecular weight is 236 g/mol. The third-order valence-electron chi connectivity index (χ3n) is 3.19. The van der Waals surface area contributed by atoms with E-state index in [9.17, 15) is 5.11 Å². The van der Waals surface area contributed by atoms with Gasteiger partial charge in [-0.2, -0.15) is 0 Å². The topological polar surface area (TPSA) is 36.4 Å². The Balaban J connectivity index is 2.75. The molecule has 0 aliphatic rings. The van der Waals surface area contributed by atoms with Crippen molar-refractivity contribution in [2.45, 2.75) is 40.2 Å². The van der Waals surface area contributed by atoms with Crippen molar-refractivity contribution in [3.8, 4) is 0 Å². The van der Waals surface area contributed by atoms with E-state index in [1.807, 2.05) is 12.1 Å². The third kappa shape index (κ3) is 4.00. The van der Waals surface area contributed by atoms with Gasteiger partial charge in [-0.3, -0.25) is 0 Å². The van der Waals surface area contributed by atoms with Crippen LogP contribution >= 0.6 is 0 Å². The largest absolute Gasteiger partial charge is 0.389 e. The van der Waals surface area contributed by atoms with Gasteiger partial charge in [0.25, 0.3) is 0 Å². The van der Waals surface area contributed by atoms with Crippen molar-refractivity contribution in [2.75, 3.05) is 18.0 Å². The first-order chi connectivity index (χ1) is 8.08. The van der Waals surface area contributed by atoms with Crippen LogP contribution in [0.15, 0.2) is 18.3 Å². The van der Waals surface area contributed by atoms with Gasteiger partial charge in [-0.05, 0) is 31.4 Å². The summed E-state index contributed by atoms with van der Waals surface area (Å²) in [4.78, 5) is 6.70.